The third-order valence-corrected chi connectivity index (χ3v) is 3.51. The second-order valence-electron chi connectivity index (χ2n) is 5.12. The van der Waals surface area contributed by atoms with E-state index in [1.165, 1.54) is 11.3 Å². The molecule has 1 aromatic carbocycles. The zero-order valence-corrected chi connectivity index (χ0v) is 11.6. The topological polar surface area (TPSA) is 26.3 Å². The van der Waals surface area contributed by atoms with Gasteiger partial charge in [0.05, 0.1) is 4.88 Å². The van der Waals surface area contributed by atoms with Crippen LogP contribution in [-0.2, 0) is 5.41 Å². The molecule has 3 heteroatoms. The van der Waals surface area contributed by atoms with Crippen molar-refractivity contribution in [3.05, 3.63) is 46.8 Å². The summed E-state index contributed by atoms with van der Waals surface area (Å²) in [5.41, 5.74) is 1.19. The smallest absolute Gasteiger partial charge is 0.181 e. The minimum atomic E-state index is 0.0291. The number of para-hydroxylation sites is 1. The normalized spacial score (nSPS) is 11.3. The Morgan fingerprint density at radius 3 is 2.44 bits per heavy atom. The predicted octanol–water partition coefficient (Wildman–Crippen LogP) is 4.65. The summed E-state index contributed by atoms with van der Waals surface area (Å²) in [4.78, 5) is 11.3. The van der Waals surface area contributed by atoms with E-state index in [2.05, 4.69) is 26.8 Å². The number of aldehydes is 1. The van der Waals surface area contributed by atoms with E-state index in [0.717, 1.165) is 22.7 Å². The third kappa shape index (κ3) is 2.79. The number of ether oxygens (including phenoxy) is 1. The first kappa shape index (κ1) is 12.8. The van der Waals surface area contributed by atoms with Gasteiger partial charge in [-0.05, 0) is 23.6 Å². The van der Waals surface area contributed by atoms with Gasteiger partial charge in [-0.25, -0.2) is 0 Å². The lowest BCUT2D eigenvalue weighted by Crippen LogP contribution is -2.12. The fourth-order valence-electron chi connectivity index (χ4n) is 1.74. The average molecular weight is 260 g/mol. The summed E-state index contributed by atoms with van der Waals surface area (Å²) >= 11 is 1.36. The molecule has 0 spiro atoms. The molecular formula is C15H16O2S. The van der Waals surface area contributed by atoms with E-state index in [9.17, 15) is 4.79 Å². The summed E-state index contributed by atoms with van der Waals surface area (Å²) in [6.45, 7) is 6.46. The lowest BCUT2D eigenvalue weighted by molar-refractivity contribution is 0.112. The number of hydrogen-bond acceptors (Lipinski definition) is 3. The Bertz CT molecular complexity index is 550. The molecule has 2 nitrogen and oxygen atoms in total. The number of carbonyl (C=O) groups is 1. The highest BCUT2D eigenvalue weighted by Gasteiger charge is 2.19. The summed E-state index contributed by atoms with van der Waals surface area (Å²) < 4.78 is 5.88. The summed E-state index contributed by atoms with van der Waals surface area (Å²) in [5, 5.41) is 0.744. The van der Waals surface area contributed by atoms with Gasteiger partial charge in [0.2, 0.25) is 0 Å². The van der Waals surface area contributed by atoms with Gasteiger partial charge in [0.1, 0.15) is 5.75 Å². The quantitative estimate of drug-likeness (QED) is 0.751. The third-order valence-electron chi connectivity index (χ3n) is 2.62. The Labute approximate surface area is 111 Å². The summed E-state index contributed by atoms with van der Waals surface area (Å²) in [5.74, 6) is 0.851. The molecule has 18 heavy (non-hydrogen) atoms. The fraction of sp³-hybridized carbons (Fsp3) is 0.267. The van der Waals surface area contributed by atoms with Crippen LogP contribution in [0, 0.1) is 0 Å². The van der Waals surface area contributed by atoms with Crippen LogP contribution in [0.25, 0.3) is 0 Å². The highest BCUT2D eigenvalue weighted by molar-refractivity contribution is 7.15. The zero-order chi connectivity index (χ0) is 13.2. The van der Waals surface area contributed by atoms with E-state index in [4.69, 9.17) is 4.74 Å². The van der Waals surface area contributed by atoms with Crippen molar-refractivity contribution in [2.45, 2.75) is 26.2 Å². The summed E-state index contributed by atoms with van der Waals surface area (Å²) in [6.07, 6.45) is 0.840. The number of thiophene rings is 1. The maximum atomic E-state index is 10.7. The predicted molar refractivity (Wildman–Crippen MR) is 74.9 cm³/mol. The van der Waals surface area contributed by atoms with Crippen LogP contribution in [0.15, 0.2) is 36.4 Å². The van der Waals surface area contributed by atoms with E-state index >= 15 is 0 Å². The number of rotatable bonds is 3. The SMILES string of the molecule is CC(C)(C)c1ccccc1Oc1ccc(C=O)s1. The Kier molecular flexibility index (Phi) is 3.53. The van der Waals surface area contributed by atoms with Crippen LogP contribution in [0.3, 0.4) is 0 Å². The molecular weight excluding hydrogens is 244 g/mol. The van der Waals surface area contributed by atoms with Crippen LogP contribution in [0.2, 0.25) is 0 Å². The molecule has 0 radical (unpaired) electrons. The molecule has 1 heterocycles. The van der Waals surface area contributed by atoms with Crippen LogP contribution in [-0.4, -0.2) is 6.29 Å². The van der Waals surface area contributed by atoms with E-state index in [1.807, 2.05) is 24.3 Å². The van der Waals surface area contributed by atoms with Gasteiger partial charge in [0.15, 0.2) is 11.3 Å². The molecule has 0 saturated carbocycles. The molecule has 0 aliphatic heterocycles. The van der Waals surface area contributed by atoms with Gasteiger partial charge in [0, 0.05) is 5.56 Å². The maximum Gasteiger partial charge on any atom is 0.181 e. The molecule has 2 aromatic rings. The zero-order valence-electron chi connectivity index (χ0n) is 10.8. The van der Waals surface area contributed by atoms with Crippen molar-refractivity contribution >= 4 is 17.6 Å². The Balaban J connectivity index is 2.31. The minimum absolute atomic E-state index is 0.0291. The Morgan fingerprint density at radius 1 is 1.11 bits per heavy atom. The first-order valence-electron chi connectivity index (χ1n) is 5.83. The van der Waals surface area contributed by atoms with Crippen molar-refractivity contribution in [2.24, 2.45) is 0 Å². The number of hydrogen-bond donors (Lipinski definition) is 0. The largest absolute Gasteiger partial charge is 0.446 e. The molecule has 0 N–H and O–H groups in total. The molecule has 0 bridgehead atoms. The van der Waals surface area contributed by atoms with Gasteiger partial charge in [0.25, 0.3) is 0 Å². The van der Waals surface area contributed by atoms with Gasteiger partial charge >= 0.3 is 0 Å². The first-order chi connectivity index (χ1) is 8.50. The standard InChI is InChI=1S/C15H16O2S/c1-15(2,3)12-6-4-5-7-13(12)17-14-9-8-11(10-16)18-14/h4-10H,1-3H3. The summed E-state index contributed by atoms with van der Waals surface area (Å²) in [7, 11) is 0. The lowest BCUT2D eigenvalue weighted by Gasteiger charge is -2.22. The van der Waals surface area contributed by atoms with Crippen molar-refractivity contribution < 1.29 is 9.53 Å². The van der Waals surface area contributed by atoms with E-state index in [-0.39, 0.29) is 5.41 Å². The van der Waals surface area contributed by atoms with Crippen molar-refractivity contribution in [3.8, 4) is 10.8 Å². The molecule has 2 rings (SSSR count). The van der Waals surface area contributed by atoms with Gasteiger partial charge in [-0.1, -0.05) is 50.3 Å². The van der Waals surface area contributed by atoms with Crippen molar-refractivity contribution in [3.63, 3.8) is 0 Å². The molecule has 0 atom stereocenters. The van der Waals surface area contributed by atoms with Gasteiger partial charge < -0.3 is 4.74 Å². The van der Waals surface area contributed by atoms with Crippen LogP contribution >= 0.6 is 11.3 Å². The summed E-state index contributed by atoms with van der Waals surface area (Å²) in [6, 6.07) is 11.6. The average Bonchev–Trinajstić information content (AvgIpc) is 2.76. The Morgan fingerprint density at radius 2 is 1.83 bits per heavy atom. The molecule has 0 unspecified atom stereocenters. The van der Waals surface area contributed by atoms with Gasteiger partial charge in [-0.2, -0.15) is 0 Å². The molecule has 0 fully saturated rings. The van der Waals surface area contributed by atoms with Crippen molar-refractivity contribution in [1.82, 2.24) is 0 Å². The maximum absolute atomic E-state index is 10.7. The van der Waals surface area contributed by atoms with Crippen LogP contribution < -0.4 is 4.74 Å². The van der Waals surface area contributed by atoms with Crippen molar-refractivity contribution in [2.75, 3.05) is 0 Å². The Hall–Kier alpha value is -1.61. The van der Waals surface area contributed by atoms with Crippen LogP contribution in [0.4, 0.5) is 0 Å². The van der Waals surface area contributed by atoms with Gasteiger partial charge in [-0.15, -0.1) is 0 Å². The molecule has 0 amide bonds. The molecule has 0 aliphatic carbocycles. The molecule has 0 saturated heterocycles. The molecule has 0 aliphatic rings. The van der Waals surface area contributed by atoms with Crippen LogP contribution in [0.5, 0.6) is 10.8 Å². The van der Waals surface area contributed by atoms with E-state index < -0.39 is 0 Å². The van der Waals surface area contributed by atoms with Crippen molar-refractivity contribution in [1.29, 1.82) is 0 Å². The highest BCUT2D eigenvalue weighted by atomic mass is 32.1. The fourth-order valence-corrected chi connectivity index (χ4v) is 2.42. The molecule has 1 aromatic heterocycles. The number of carbonyl (C=O) groups excluding carboxylic acids is 1. The minimum Gasteiger partial charge on any atom is -0.446 e. The second kappa shape index (κ2) is 4.94. The van der Waals surface area contributed by atoms with Gasteiger partial charge in [-0.3, -0.25) is 4.79 Å². The number of benzene rings is 1. The van der Waals surface area contributed by atoms with E-state index in [0.29, 0.717) is 4.88 Å². The molecule has 94 valence electrons. The van der Waals surface area contributed by atoms with Crippen LogP contribution in [0.1, 0.15) is 36.0 Å². The highest BCUT2D eigenvalue weighted by Crippen LogP contribution is 2.36. The second-order valence-corrected chi connectivity index (χ2v) is 6.20. The monoisotopic (exact) mass is 260 g/mol. The van der Waals surface area contributed by atoms with E-state index in [1.54, 1.807) is 6.07 Å². The lowest BCUT2D eigenvalue weighted by atomic mass is 9.86. The first-order valence-corrected chi connectivity index (χ1v) is 6.65.